The topological polar surface area (TPSA) is 68.4 Å². The van der Waals surface area contributed by atoms with Gasteiger partial charge in [0.25, 0.3) is 0 Å². The van der Waals surface area contributed by atoms with Crippen molar-refractivity contribution < 1.29 is 23.5 Å². The summed E-state index contributed by atoms with van der Waals surface area (Å²) in [5.74, 6) is -1.48. The molecule has 0 bridgehead atoms. The standard InChI is InChI=1S/C16H16FNO4/c1-9-10(2)14(18-13(9)15(19)21-3)16(20)22-8-11-4-6-12(17)7-5-11/h4-7,18H,8H2,1-3H3. The highest BCUT2D eigenvalue weighted by atomic mass is 19.1. The molecule has 0 aliphatic rings. The van der Waals surface area contributed by atoms with Crippen LogP contribution in [0.5, 0.6) is 0 Å². The fourth-order valence-corrected chi connectivity index (χ4v) is 2.00. The van der Waals surface area contributed by atoms with Crippen LogP contribution in [0.3, 0.4) is 0 Å². The van der Waals surface area contributed by atoms with Crippen LogP contribution in [0.25, 0.3) is 0 Å². The van der Waals surface area contributed by atoms with E-state index in [-0.39, 0.29) is 23.8 Å². The minimum absolute atomic E-state index is 0.0180. The molecule has 6 heteroatoms. The van der Waals surface area contributed by atoms with E-state index in [0.29, 0.717) is 16.7 Å². The third-order valence-corrected chi connectivity index (χ3v) is 3.44. The van der Waals surface area contributed by atoms with E-state index in [1.165, 1.54) is 31.4 Å². The summed E-state index contributed by atoms with van der Waals surface area (Å²) in [5.41, 5.74) is 2.38. The second-order valence-corrected chi connectivity index (χ2v) is 4.82. The lowest BCUT2D eigenvalue weighted by Crippen LogP contribution is -2.08. The molecule has 22 heavy (non-hydrogen) atoms. The third kappa shape index (κ3) is 3.16. The number of benzene rings is 1. The first-order valence-electron chi connectivity index (χ1n) is 6.63. The Labute approximate surface area is 127 Å². The first-order valence-corrected chi connectivity index (χ1v) is 6.63. The quantitative estimate of drug-likeness (QED) is 0.882. The zero-order valence-electron chi connectivity index (χ0n) is 12.5. The van der Waals surface area contributed by atoms with Gasteiger partial charge in [0.1, 0.15) is 23.8 Å². The number of carbonyl (C=O) groups excluding carboxylic acids is 2. The number of aromatic nitrogens is 1. The Hall–Kier alpha value is -2.63. The van der Waals surface area contributed by atoms with Crippen LogP contribution in [0.4, 0.5) is 4.39 Å². The molecule has 5 nitrogen and oxygen atoms in total. The summed E-state index contributed by atoms with van der Waals surface area (Å²) < 4.78 is 22.6. The molecule has 0 amide bonds. The zero-order chi connectivity index (χ0) is 16.3. The lowest BCUT2D eigenvalue weighted by Gasteiger charge is -2.04. The highest BCUT2D eigenvalue weighted by Crippen LogP contribution is 2.19. The summed E-state index contributed by atoms with van der Waals surface area (Å²) in [6, 6.07) is 5.66. The summed E-state index contributed by atoms with van der Waals surface area (Å²) in [6.07, 6.45) is 0. The van der Waals surface area contributed by atoms with Crippen molar-refractivity contribution in [3.63, 3.8) is 0 Å². The van der Waals surface area contributed by atoms with Crippen LogP contribution in [0.1, 0.15) is 37.7 Å². The van der Waals surface area contributed by atoms with Gasteiger partial charge >= 0.3 is 11.9 Å². The van der Waals surface area contributed by atoms with Crippen molar-refractivity contribution in [2.45, 2.75) is 20.5 Å². The smallest absolute Gasteiger partial charge is 0.355 e. The van der Waals surface area contributed by atoms with Gasteiger partial charge in [-0.3, -0.25) is 0 Å². The summed E-state index contributed by atoms with van der Waals surface area (Å²) >= 11 is 0. The fourth-order valence-electron chi connectivity index (χ4n) is 2.00. The first kappa shape index (κ1) is 15.8. The molecule has 0 atom stereocenters. The summed E-state index contributed by atoms with van der Waals surface area (Å²) in [6.45, 7) is 3.45. The highest BCUT2D eigenvalue weighted by molar-refractivity contribution is 5.95. The van der Waals surface area contributed by atoms with E-state index in [9.17, 15) is 14.0 Å². The Kier molecular flexibility index (Phi) is 4.60. The predicted octanol–water partition coefficient (Wildman–Crippen LogP) is 2.91. The number of methoxy groups -OCH3 is 1. The number of hydrogen-bond donors (Lipinski definition) is 1. The normalized spacial score (nSPS) is 10.4. The highest BCUT2D eigenvalue weighted by Gasteiger charge is 2.22. The predicted molar refractivity (Wildman–Crippen MR) is 77.1 cm³/mol. The van der Waals surface area contributed by atoms with Crippen molar-refractivity contribution >= 4 is 11.9 Å². The first-order chi connectivity index (χ1) is 10.4. The van der Waals surface area contributed by atoms with Crippen molar-refractivity contribution in [3.05, 3.63) is 58.2 Å². The van der Waals surface area contributed by atoms with Gasteiger partial charge in [-0.15, -0.1) is 0 Å². The maximum Gasteiger partial charge on any atom is 0.355 e. The lowest BCUT2D eigenvalue weighted by atomic mass is 10.1. The van der Waals surface area contributed by atoms with Gasteiger partial charge in [0, 0.05) is 0 Å². The van der Waals surface area contributed by atoms with Gasteiger partial charge in [-0.05, 0) is 42.7 Å². The van der Waals surface area contributed by atoms with E-state index in [1.54, 1.807) is 13.8 Å². The van der Waals surface area contributed by atoms with E-state index in [1.807, 2.05) is 0 Å². The molecule has 0 radical (unpaired) electrons. The molecule has 1 aromatic carbocycles. The Morgan fingerprint density at radius 3 is 2.14 bits per heavy atom. The minimum Gasteiger partial charge on any atom is -0.464 e. The number of esters is 2. The van der Waals surface area contributed by atoms with Gasteiger partial charge in [-0.1, -0.05) is 12.1 Å². The Bertz CT molecular complexity index is 704. The Balaban J connectivity index is 2.13. The fraction of sp³-hybridized carbons (Fsp3) is 0.250. The van der Waals surface area contributed by atoms with Crippen LogP contribution in [-0.4, -0.2) is 24.0 Å². The Morgan fingerprint density at radius 1 is 1.05 bits per heavy atom. The van der Waals surface area contributed by atoms with Crippen LogP contribution in [0.15, 0.2) is 24.3 Å². The van der Waals surface area contributed by atoms with Gasteiger partial charge in [-0.2, -0.15) is 0 Å². The van der Waals surface area contributed by atoms with Gasteiger partial charge < -0.3 is 14.5 Å². The van der Waals surface area contributed by atoms with Crippen molar-refractivity contribution in [2.75, 3.05) is 7.11 Å². The molecule has 0 saturated carbocycles. The maximum atomic E-state index is 12.8. The van der Waals surface area contributed by atoms with Gasteiger partial charge in [0.15, 0.2) is 0 Å². The molecule has 0 spiro atoms. The molecule has 0 fully saturated rings. The largest absolute Gasteiger partial charge is 0.464 e. The zero-order valence-corrected chi connectivity index (χ0v) is 12.5. The van der Waals surface area contributed by atoms with E-state index >= 15 is 0 Å². The number of H-pyrrole nitrogens is 1. The second kappa shape index (κ2) is 6.43. The van der Waals surface area contributed by atoms with E-state index in [4.69, 9.17) is 4.74 Å². The SMILES string of the molecule is COC(=O)c1[nH]c(C(=O)OCc2ccc(F)cc2)c(C)c1C. The van der Waals surface area contributed by atoms with Crippen LogP contribution in [0, 0.1) is 19.7 Å². The summed E-state index contributed by atoms with van der Waals surface area (Å²) in [5, 5.41) is 0. The van der Waals surface area contributed by atoms with Crippen molar-refractivity contribution in [2.24, 2.45) is 0 Å². The molecule has 0 unspecified atom stereocenters. The van der Waals surface area contributed by atoms with Gasteiger partial charge in [0.05, 0.1) is 7.11 Å². The van der Waals surface area contributed by atoms with Crippen molar-refractivity contribution in [1.82, 2.24) is 4.98 Å². The number of aromatic amines is 1. The molecule has 0 saturated heterocycles. The number of ether oxygens (including phenoxy) is 2. The number of hydrogen-bond acceptors (Lipinski definition) is 4. The summed E-state index contributed by atoms with van der Waals surface area (Å²) in [7, 11) is 1.27. The van der Waals surface area contributed by atoms with Crippen LogP contribution in [0.2, 0.25) is 0 Å². The molecule has 0 aliphatic heterocycles. The van der Waals surface area contributed by atoms with Crippen LogP contribution < -0.4 is 0 Å². The average Bonchev–Trinajstić information content (AvgIpc) is 2.82. The molecule has 1 heterocycles. The molecule has 116 valence electrons. The molecule has 1 aromatic heterocycles. The maximum absolute atomic E-state index is 12.8. The van der Waals surface area contributed by atoms with Gasteiger partial charge in [0.2, 0.25) is 0 Å². The number of nitrogens with one attached hydrogen (secondary N) is 1. The van der Waals surface area contributed by atoms with E-state index in [0.717, 1.165) is 0 Å². The molecule has 1 N–H and O–H groups in total. The number of halogens is 1. The molecule has 2 rings (SSSR count). The van der Waals surface area contributed by atoms with E-state index < -0.39 is 11.9 Å². The molecule has 0 aliphatic carbocycles. The molecule has 2 aromatic rings. The number of rotatable bonds is 4. The Morgan fingerprint density at radius 2 is 1.59 bits per heavy atom. The third-order valence-electron chi connectivity index (χ3n) is 3.44. The van der Waals surface area contributed by atoms with Crippen molar-refractivity contribution in [1.29, 1.82) is 0 Å². The monoisotopic (exact) mass is 305 g/mol. The average molecular weight is 305 g/mol. The van der Waals surface area contributed by atoms with E-state index in [2.05, 4.69) is 9.72 Å². The molecular weight excluding hydrogens is 289 g/mol. The minimum atomic E-state index is -0.583. The van der Waals surface area contributed by atoms with Crippen molar-refractivity contribution in [3.8, 4) is 0 Å². The molecular formula is C16H16FNO4. The van der Waals surface area contributed by atoms with Crippen LogP contribution in [-0.2, 0) is 16.1 Å². The number of carbonyl (C=O) groups is 2. The second-order valence-electron chi connectivity index (χ2n) is 4.82. The summed E-state index contributed by atoms with van der Waals surface area (Å²) in [4.78, 5) is 26.4. The van der Waals surface area contributed by atoms with Crippen LogP contribution >= 0.6 is 0 Å². The lowest BCUT2D eigenvalue weighted by molar-refractivity contribution is 0.0465. The van der Waals surface area contributed by atoms with Gasteiger partial charge in [-0.25, -0.2) is 14.0 Å².